The number of nitrogens with zero attached hydrogens (tertiary/aromatic N) is 1. The Bertz CT molecular complexity index is 776. The maximum absolute atomic E-state index is 12.3. The fourth-order valence-corrected chi connectivity index (χ4v) is 2.25. The van der Waals surface area contributed by atoms with Crippen LogP contribution in [0.2, 0.25) is 5.02 Å². The number of halogens is 1. The highest BCUT2D eigenvalue weighted by atomic mass is 35.5. The summed E-state index contributed by atoms with van der Waals surface area (Å²) in [5.41, 5.74) is 0.429. The summed E-state index contributed by atoms with van der Waals surface area (Å²) in [7, 11) is 0. The average Bonchev–Trinajstić information content (AvgIpc) is 2.54. The van der Waals surface area contributed by atoms with E-state index < -0.39 is 22.8 Å². The molecule has 1 amide bonds. The lowest BCUT2D eigenvalue weighted by Crippen LogP contribution is -2.30. The van der Waals surface area contributed by atoms with Crippen LogP contribution in [-0.2, 0) is 4.79 Å². The van der Waals surface area contributed by atoms with E-state index in [2.05, 4.69) is 5.32 Å². The minimum Gasteiger partial charge on any atom is -0.481 e. The van der Waals surface area contributed by atoms with Crippen molar-refractivity contribution in [2.24, 2.45) is 0 Å². The van der Waals surface area contributed by atoms with Gasteiger partial charge in [-0.05, 0) is 23.8 Å². The third-order valence-electron chi connectivity index (χ3n) is 3.28. The van der Waals surface area contributed by atoms with Crippen molar-refractivity contribution in [3.05, 3.63) is 74.8 Å². The highest BCUT2D eigenvalue weighted by Crippen LogP contribution is 2.21. The fraction of sp³-hybridized carbons (Fsp3) is 0.125. The van der Waals surface area contributed by atoms with Crippen molar-refractivity contribution >= 4 is 29.2 Å². The van der Waals surface area contributed by atoms with E-state index in [4.69, 9.17) is 16.7 Å². The van der Waals surface area contributed by atoms with Crippen molar-refractivity contribution in [3.63, 3.8) is 0 Å². The molecule has 2 aromatic rings. The molecule has 0 bridgehead atoms. The molecule has 0 aromatic heterocycles. The molecule has 2 N–H and O–H groups in total. The first-order chi connectivity index (χ1) is 11.4. The number of nitro benzene ring substituents is 1. The van der Waals surface area contributed by atoms with Crippen molar-refractivity contribution in [1.29, 1.82) is 0 Å². The molecule has 2 aromatic carbocycles. The number of carbonyl (C=O) groups is 2. The summed E-state index contributed by atoms with van der Waals surface area (Å²) < 4.78 is 0. The van der Waals surface area contributed by atoms with Gasteiger partial charge < -0.3 is 10.4 Å². The molecule has 0 aliphatic rings. The number of hydrogen-bond donors (Lipinski definition) is 2. The van der Waals surface area contributed by atoms with E-state index in [1.54, 1.807) is 24.3 Å². The second kappa shape index (κ2) is 7.56. The Morgan fingerprint density at radius 3 is 2.46 bits per heavy atom. The molecule has 0 fully saturated rings. The summed E-state index contributed by atoms with van der Waals surface area (Å²) in [5.74, 6) is -1.69. The van der Waals surface area contributed by atoms with Gasteiger partial charge in [0.2, 0.25) is 0 Å². The molecule has 124 valence electrons. The Balaban J connectivity index is 2.24. The highest BCUT2D eigenvalue weighted by molar-refractivity contribution is 6.30. The molecule has 1 atom stereocenters. The minimum absolute atomic E-state index is 0.0774. The van der Waals surface area contributed by atoms with Gasteiger partial charge in [0.1, 0.15) is 0 Å². The lowest BCUT2D eigenvalue weighted by Gasteiger charge is -2.17. The first-order valence-corrected chi connectivity index (χ1v) is 7.27. The number of aliphatic carboxylic acids is 1. The van der Waals surface area contributed by atoms with E-state index in [-0.39, 0.29) is 17.7 Å². The summed E-state index contributed by atoms with van der Waals surface area (Å²) in [5, 5.41) is 22.9. The van der Waals surface area contributed by atoms with Gasteiger partial charge >= 0.3 is 5.97 Å². The summed E-state index contributed by atoms with van der Waals surface area (Å²) in [6.07, 6.45) is -0.331. The quantitative estimate of drug-likeness (QED) is 0.615. The largest absolute Gasteiger partial charge is 0.481 e. The molecule has 0 unspecified atom stereocenters. The lowest BCUT2D eigenvalue weighted by molar-refractivity contribution is -0.384. The average molecular weight is 349 g/mol. The number of nitrogens with one attached hydrogen (secondary N) is 1. The van der Waals surface area contributed by atoms with Gasteiger partial charge in [0.15, 0.2) is 0 Å². The van der Waals surface area contributed by atoms with Crippen LogP contribution in [0.3, 0.4) is 0 Å². The molecule has 0 radical (unpaired) electrons. The number of carboxylic acids is 1. The van der Waals surface area contributed by atoms with Gasteiger partial charge in [-0.3, -0.25) is 19.7 Å². The molecule has 2 rings (SSSR count). The van der Waals surface area contributed by atoms with Crippen LogP contribution in [0.5, 0.6) is 0 Å². The van der Waals surface area contributed by atoms with Crippen LogP contribution in [0.1, 0.15) is 28.4 Å². The van der Waals surface area contributed by atoms with Crippen molar-refractivity contribution in [2.75, 3.05) is 0 Å². The SMILES string of the molecule is O=C(O)C[C@@H](NC(=O)c1cccc([N+](=O)[O-])c1)c1ccc(Cl)cc1. The molecule has 24 heavy (non-hydrogen) atoms. The second-order valence-corrected chi connectivity index (χ2v) is 5.42. The van der Waals surface area contributed by atoms with E-state index in [0.29, 0.717) is 10.6 Å². The van der Waals surface area contributed by atoms with Crippen molar-refractivity contribution in [3.8, 4) is 0 Å². The van der Waals surface area contributed by atoms with Crippen LogP contribution in [-0.4, -0.2) is 21.9 Å². The van der Waals surface area contributed by atoms with Gasteiger partial charge in [-0.2, -0.15) is 0 Å². The third-order valence-corrected chi connectivity index (χ3v) is 3.53. The number of nitro groups is 1. The predicted octanol–water partition coefficient (Wildman–Crippen LogP) is 3.19. The van der Waals surface area contributed by atoms with E-state index in [1.165, 1.54) is 18.2 Å². The van der Waals surface area contributed by atoms with Crippen molar-refractivity contribution < 1.29 is 19.6 Å². The highest BCUT2D eigenvalue weighted by Gasteiger charge is 2.20. The first kappa shape index (κ1) is 17.4. The van der Waals surface area contributed by atoms with Gasteiger partial charge in [0, 0.05) is 22.7 Å². The van der Waals surface area contributed by atoms with Crippen LogP contribution in [0.4, 0.5) is 5.69 Å². The fourth-order valence-electron chi connectivity index (χ4n) is 2.12. The Hall–Kier alpha value is -2.93. The van der Waals surface area contributed by atoms with Crippen LogP contribution in [0.25, 0.3) is 0 Å². The normalized spacial score (nSPS) is 11.5. The van der Waals surface area contributed by atoms with Crippen LogP contribution in [0.15, 0.2) is 48.5 Å². The third kappa shape index (κ3) is 4.53. The van der Waals surface area contributed by atoms with E-state index in [1.807, 2.05) is 0 Å². The van der Waals surface area contributed by atoms with Crippen molar-refractivity contribution in [2.45, 2.75) is 12.5 Å². The van der Waals surface area contributed by atoms with Crippen LogP contribution >= 0.6 is 11.6 Å². The number of carboxylic acid groups (broad SMARTS) is 1. The van der Waals surface area contributed by atoms with E-state index in [9.17, 15) is 19.7 Å². The van der Waals surface area contributed by atoms with E-state index >= 15 is 0 Å². The molecule has 0 saturated heterocycles. The summed E-state index contributed by atoms with van der Waals surface area (Å²) in [6.45, 7) is 0. The Morgan fingerprint density at radius 2 is 1.88 bits per heavy atom. The maximum Gasteiger partial charge on any atom is 0.305 e. The standard InChI is InChI=1S/C16H13ClN2O5/c17-12-6-4-10(5-7-12)14(9-15(20)21)18-16(22)11-2-1-3-13(8-11)19(23)24/h1-8,14H,9H2,(H,18,22)(H,20,21)/t14-/m1/s1. The molecule has 0 aliphatic carbocycles. The van der Waals surface area contributed by atoms with Gasteiger partial charge in [-0.15, -0.1) is 0 Å². The van der Waals surface area contributed by atoms with Gasteiger partial charge in [-0.25, -0.2) is 0 Å². The van der Waals surface area contributed by atoms with E-state index in [0.717, 1.165) is 6.07 Å². The molecule has 0 saturated carbocycles. The number of rotatable bonds is 6. The monoisotopic (exact) mass is 348 g/mol. The zero-order valence-electron chi connectivity index (χ0n) is 12.3. The molecule has 8 heteroatoms. The number of non-ortho nitro benzene ring substituents is 1. The lowest BCUT2D eigenvalue weighted by atomic mass is 10.0. The predicted molar refractivity (Wildman–Crippen MR) is 87.0 cm³/mol. The van der Waals surface area contributed by atoms with Gasteiger partial charge in [0.25, 0.3) is 11.6 Å². The molecule has 0 aliphatic heterocycles. The molecule has 0 spiro atoms. The number of hydrogen-bond acceptors (Lipinski definition) is 4. The molecular formula is C16H13ClN2O5. The zero-order valence-corrected chi connectivity index (χ0v) is 13.1. The van der Waals surface area contributed by atoms with Crippen molar-refractivity contribution in [1.82, 2.24) is 5.32 Å². The number of carbonyl (C=O) groups excluding carboxylic acids is 1. The van der Waals surface area contributed by atoms with Gasteiger partial charge in [-0.1, -0.05) is 29.8 Å². The van der Waals surface area contributed by atoms with Crippen LogP contribution in [0, 0.1) is 10.1 Å². The smallest absolute Gasteiger partial charge is 0.305 e. The molecule has 7 nitrogen and oxygen atoms in total. The first-order valence-electron chi connectivity index (χ1n) is 6.89. The number of amides is 1. The summed E-state index contributed by atoms with van der Waals surface area (Å²) in [4.78, 5) is 33.5. The maximum atomic E-state index is 12.3. The summed E-state index contributed by atoms with van der Waals surface area (Å²) >= 11 is 5.80. The Kier molecular flexibility index (Phi) is 5.49. The second-order valence-electron chi connectivity index (χ2n) is 4.98. The minimum atomic E-state index is -1.09. The zero-order chi connectivity index (χ0) is 17.7. The topological polar surface area (TPSA) is 110 Å². The number of benzene rings is 2. The summed E-state index contributed by atoms with van der Waals surface area (Å²) in [6, 6.07) is 10.8. The van der Waals surface area contributed by atoms with Gasteiger partial charge in [0.05, 0.1) is 17.4 Å². The molecule has 0 heterocycles. The molecular weight excluding hydrogens is 336 g/mol. The Labute approximate surface area is 142 Å². The van der Waals surface area contributed by atoms with Crippen LogP contribution < -0.4 is 5.32 Å². The Morgan fingerprint density at radius 1 is 1.21 bits per heavy atom.